The second-order valence-electron chi connectivity index (χ2n) is 5.69. The molecule has 2 nitrogen and oxygen atoms in total. The van der Waals surface area contributed by atoms with Gasteiger partial charge in [0.1, 0.15) is 0 Å². The predicted molar refractivity (Wildman–Crippen MR) is 55.0 cm³/mol. The fourth-order valence-electron chi connectivity index (χ4n) is 3.76. The Kier molecular flexibility index (Phi) is 2.54. The highest BCUT2D eigenvalue weighted by Crippen LogP contribution is 2.50. The van der Waals surface area contributed by atoms with Crippen LogP contribution in [0.1, 0.15) is 51.9 Å². The van der Waals surface area contributed by atoms with E-state index in [0.29, 0.717) is 6.42 Å². The minimum absolute atomic E-state index is 0.0971. The third kappa shape index (κ3) is 2.10. The van der Waals surface area contributed by atoms with Crippen LogP contribution in [0.2, 0.25) is 0 Å². The molecular formula is C12H20O2. The topological polar surface area (TPSA) is 37.3 Å². The Balaban J connectivity index is 2.03. The maximum absolute atomic E-state index is 10.8. The Hall–Kier alpha value is -0.530. The van der Waals surface area contributed by atoms with Crippen LogP contribution in [-0.2, 0) is 4.79 Å². The first-order chi connectivity index (χ1) is 6.57. The highest BCUT2D eigenvalue weighted by atomic mass is 16.4. The molecule has 2 atom stereocenters. The summed E-state index contributed by atoms with van der Waals surface area (Å²) in [5, 5.41) is 8.89. The molecule has 0 radical (unpaired) electrons. The van der Waals surface area contributed by atoms with Gasteiger partial charge in [0.15, 0.2) is 0 Å². The molecule has 0 heterocycles. The van der Waals surface area contributed by atoms with Crippen molar-refractivity contribution in [2.45, 2.75) is 51.9 Å². The van der Waals surface area contributed by atoms with Gasteiger partial charge in [0.2, 0.25) is 0 Å². The average Bonchev–Trinajstić information content (AvgIpc) is 1.99. The second-order valence-corrected chi connectivity index (χ2v) is 5.69. The van der Waals surface area contributed by atoms with E-state index in [1.165, 1.54) is 25.7 Å². The van der Waals surface area contributed by atoms with E-state index in [-0.39, 0.29) is 5.41 Å². The van der Waals surface area contributed by atoms with Crippen LogP contribution >= 0.6 is 0 Å². The molecule has 2 unspecified atom stereocenters. The van der Waals surface area contributed by atoms with E-state index in [9.17, 15) is 4.79 Å². The van der Waals surface area contributed by atoms with Crippen molar-refractivity contribution in [3.63, 3.8) is 0 Å². The van der Waals surface area contributed by atoms with Gasteiger partial charge in [-0.2, -0.15) is 0 Å². The van der Waals surface area contributed by atoms with Gasteiger partial charge in [0.05, 0.1) is 6.42 Å². The van der Waals surface area contributed by atoms with E-state index in [2.05, 4.69) is 6.92 Å². The third-order valence-electron chi connectivity index (χ3n) is 4.03. The van der Waals surface area contributed by atoms with E-state index < -0.39 is 5.97 Å². The molecule has 2 heteroatoms. The van der Waals surface area contributed by atoms with Crippen molar-refractivity contribution in [1.29, 1.82) is 0 Å². The molecule has 0 saturated heterocycles. The van der Waals surface area contributed by atoms with Gasteiger partial charge in [-0.05, 0) is 36.5 Å². The molecule has 14 heavy (non-hydrogen) atoms. The second kappa shape index (κ2) is 3.56. The zero-order valence-electron chi connectivity index (χ0n) is 8.96. The Labute approximate surface area is 85.7 Å². The minimum atomic E-state index is -0.618. The Bertz CT molecular complexity index is 222. The van der Waals surface area contributed by atoms with Gasteiger partial charge in [0, 0.05) is 0 Å². The molecule has 80 valence electrons. The van der Waals surface area contributed by atoms with E-state index in [1.54, 1.807) is 0 Å². The van der Waals surface area contributed by atoms with Gasteiger partial charge in [-0.15, -0.1) is 0 Å². The largest absolute Gasteiger partial charge is 0.481 e. The van der Waals surface area contributed by atoms with Gasteiger partial charge in [0.25, 0.3) is 0 Å². The van der Waals surface area contributed by atoms with Gasteiger partial charge in [-0.1, -0.05) is 26.2 Å². The summed E-state index contributed by atoms with van der Waals surface area (Å²) in [6.07, 6.45) is 8.09. The Morgan fingerprint density at radius 3 is 2.43 bits per heavy atom. The number of rotatable bonds is 2. The van der Waals surface area contributed by atoms with Crippen molar-refractivity contribution < 1.29 is 9.90 Å². The summed E-state index contributed by atoms with van der Waals surface area (Å²) in [7, 11) is 0. The summed E-state index contributed by atoms with van der Waals surface area (Å²) >= 11 is 0. The molecule has 2 aliphatic rings. The summed E-state index contributed by atoms with van der Waals surface area (Å²) in [6, 6.07) is 0. The first kappa shape index (κ1) is 10.0. The lowest BCUT2D eigenvalue weighted by molar-refractivity contribution is -0.140. The fourth-order valence-corrected chi connectivity index (χ4v) is 3.76. The number of fused-ring (bicyclic) bond motifs is 2. The summed E-state index contributed by atoms with van der Waals surface area (Å²) in [4.78, 5) is 10.8. The van der Waals surface area contributed by atoms with Crippen LogP contribution in [0, 0.1) is 17.3 Å². The van der Waals surface area contributed by atoms with Gasteiger partial charge < -0.3 is 5.11 Å². The van der Waals surface area contributed by atoms with Crippen LogP contribution in [0.5, 0.6) is 0 Å². The van der Waals surface area contributed by atoms with Crippen molar-refractivity contribution in [1.82, 2.24) is 0 Å². The molecule has 0 aromatic carbocycles. The molecule has 1 N–H and O–H groups in total. The lowest BCUT2D eigenvalue weighted by Gasteiger charge is -2.44. The Morgan fingerprint density at radius 1 is 1.36 bits per heavy atom. The first-order valence-electron chi connectivity index (χ1n) is 5.79. The number of carboxylic acids is 1. The van der Waals surface area contributed by atoms with Gasteiger partial charge in [-0.25, -0.2) is 0 Å². The van der Waals surface area contributed by atoms with Crippen LogP contribution in [0.25, 0.3) is 0 Å². The zero-order valence-corrected chi connectivity index (χ0v) is 8.96. The number of carboxylic acid groups (broad SMARTS) is 1. The van der Waals surface area contributed by atoms with Crippen molar-refractivity contribution in [3.05, 3.63) is 0 Å². The molecule has 0 amide bonds. The van der Waals surface area contributed by atoms with Crippen LogP contribution in [0.4, 0.5) is 0 Å². The zero-order chi connectivity index (χ0) is 10.2. The lowest BCUT2D eigenvalue weighted by Crippen LogP contribution is -2.35. The highest BCUT2D eigenvalue weighted by molar-refractivity contribution is 5.67. The van der Waals surface area contributed by atoms with E-state index in [4.69, 9.17) is 5.11 Å². The summed E-state index contributed by atoms with van der Waals surface area (Å²) in [6.45, 7) is 2.17. The minimum Gasteiger partial charge on any atom is -0.481 e. The maximum atomic E-state index is 10.8. The van der Waals surface area contributed by atoms with Crippen LogP contribution in [0.15, 0.2) is 0 Å². The molecular weight excluding hydrogens is 176 g/mol. The van der Waals surface area contributed by atoms with Crippen LogP contribution < -0.4 is 0 Å². The molecule has 2 fully saturated rings. The van der Waals surface area contributed by atoms with Crippen LogP contribution in [0.3, 0.4) is 0 Å². The normalized spacial score (nSPS) is 42.1. The maximum Gasteiger partial charge on any atom is 0.303 e. The number of carbonyl (C=O) groups is 1. The standard InChI is InChI=1S/C12H20O2/c1-12(8-11(13)14)6-9-3-2-4-10(5-9)7-12/h9-10H,2-8H2,1H3,(H,13,14). The smallest absolute Gasteiger partial charge is 0.303 e. The monoisotopic (exact) mass is 196 g/mol. The fraction of sp³-hybridized carbons (Fsp3) is 0.917. The van der Waals surface area contributed by atoms with Crippen molar-refractivity contribution in [3.8, 4) is 0 Å². The van der Waals surface area contributed by atoms with E-state index in [1.807, 2.05) is 0 Å². The van der Waals surface area contributed by atoms with Crippen molar-refractivity contribution >= 4 is 5.97 Å². The summed E-state index contributed by atoms with van der Waals surface area (Å²) < 4.78 is 0. The number of aliphatic carboxylic acids is 1. The van der Waals surface area contributed by atoms with Gasteiger partial charge in [-0.3, -0.25) is 4.79 Å². The SMILES string of the molecule is CC1(CC(=O)O)CC2CCCC(C2)C1. The predicted octanol–water partition coefficient (Wildman–Crippen LogP) is 3.07. The van der Waals surface area contributed by atoms with E-state index in [0.717, 1.165) is 24.7 Å². The first-order valence-corrected chi connectivity index (χ1v) is 5.79. The Morgan fingerprint density at radius 2 is 1.93 bits per heavy atom. The van der Waals surface area contributed by atoms with Crippen LogP contribution in [-0.4, -0.2) is 11.1 Å². The quantitative estimate of drug-likeness (QED) is 0.737. The van der Waals surface area contributed by atoms with Crippen molar-refractivity contribution in [2.75, 3.05) is 0 Å². The molecule has 0 aliphatic heterocycles. The molecule has 2 bridgehead atoms. The molecule has 2 aliphatic carbocycles. The molecule has 0 spiro atoms. The molecule has 0 aromatic heterocycles. The third-order valence-corrected chi connectivity index (χ3v) is 4.03. The number of hydrogen-bond donors (Lipinski definition) is 1. The lowest BCUT2D eigenvalue weighted by atomic mass is 9.60. The van der Waals surface area contributed by atoms with E-state index >= 15 is 0 Å². The molecule has 2 rings (SSSR count). The average molecular weight is 196 g/mol. The molecule has 0 aromatic rings. The highest BCUT2D eigenvalue weighted by Gasteiger charge is 2.40. The molecule has 2 saturated carbocycles. The number of hydrogen-bond acceptors (Lipinski definition) is 1. The van der Waals surface area contributed by atoms with Gasteiger partial charge >= 0.3 is 5.97 Å². The van der Waals surface area contributed by atoms with Crippen molar-refractivity contribution in [2.24, 2.45) is 17.3 Å². The summed E-state index contributed by atoms with van der Waals surface area (Å²) in [5.74, 6) is 1.03. The summed E-state index contributed by atoms with van der Waals surface area (Å²) in [5.41, 5.74) is 0.0971.